The number of ether oxygens (including phenoxy) is 2. The number of carbonyl (C=O) groups is 6. The second-order valence-electron chi connectivity index (χ2n) is 18.7. The van der Waals surface area contributed by atoms with E-state index in [-0.39, 0.29) is 61.8 Å². The van der Waals surface area contributed by atoms with Crippen LogP contribution in [0.3, 0.4) is 0 Å². The quantitative estimate of drug-likeness (QED) is 0.0266. The third kappa shape index (κ3) is 12.8. The van der Waals surface area contributed by atoms with Gasteiger partial charge in [0.05, 0.1) is 73.1 Å². The second-order valence-corrected chi connectivity index (χ2v) is 18.7. The Bertz CT molecular complexity index is 3050. The molecule has 0 aliphatic carbocycles. The van der Waals surface area contributed by atoms with Crippen molar-refractivity contribution in [3.63, 3.8) is 0 Å². The van der Waals surface area contributed by atoms with Crippen LogP contribution in [0.2, 0.25) is 0 Å². The van der Waals surface area contributed by atoms with Crippen molar-refractivity contribution in [2.75, 3.05) is 37.0 Å². The monoisotopic (exact) mass is 1030 g/mol. The predicted molar refractivity (Wildman–Crippen MR) is 274 cm³/mol. The minimum Gasteiger partial charge on any atom is -0.494 e. The molecule has 0 spiro atoms. The molecule has 4 heterocycles. The number of aryl methyl sites for hydroxylation is 1. The zero-order valence-electron chi connectivity index (χ0n) is 41.5. The number of aromatic nitrogens is 4. The maximum Gasteiger partial charge on any atom is 0.305 e. The van der Waals surface area contributed by atoms with Crippen molar-refractivity contribution in [3.8, 4) is 28.1 Å². The van der Waals surface area contributed by atoms with Crippen molar-refractivity contribution in [3.05, 3.63) is 137 Å². The summed E-state index contributed by atoms with van der Waals surface area (Å²) >= 11 is 0. The fourth-order valence-corrected chi connectivity index (χ4v) is 9.53. The normalized spacial score (nSPS) is 15.2. The van der Waals surface area contributed by atoms with Gasteiger partial charge in [-0.05, 0) is 110 Å². The molecule has 0 radical (unpaired) electrons. The van der Waals surface area contributed by atoms with Gasteiger partial charge in [-0.15, -0.1) is 5.10 Å². The molecule has 1 fully saturated rings. The standard InChI is InChI=1S/C55H59FN8O11/c1-33(2)50-49(53(71)58-37-10-4-3-5-11-37)47(51(34-16-18-36(56)19-17-34)63(50)24-22-39(65)30-40(66)31-46(68)69)35-9-6-13-41(29-35)75-26-8-12-38-32-62(61-60-38)25-28-74-27-23-57-43-15-7-14-42-48(43)55(73)64(54(42)72)44-20-21-45(67)59-52(44)70/h3-7,9-11,13-19,29,32-33,39-40,44,57,65-66H,8,12,20-28,30-31H2,1-2H3,(H,58,71)(H,68,69)(H,59,67,70). The van der Waals surface area contributed by atoms with Crippen LogP contribution in [0.25, 0.3) is 22.4 Å². The highest BCUT2D eigenvalue weighted by Crippen LogP contribution is 2.44. The summed E-state index contributed by atoms with van der Waals surface area (Å²) in [6, 6.07) is 26.2. The Balaban J connectivity index is 0.899. The van der Waals surface area contributed by atoms with E-state index in [0.29, 0.717) is 89.9 Å². The first-order valence-corrected chi connectivity index (χ1v) is 24.9. The van der Waals surface area contributed by atoms with Gasteiger partial charge in [0.15, 0.2) is 0 Å². The maximum absolute atomic E-state index is 14.7. The average Bonchev–Trinajstić information content (AvgIpc) is 4.08. The Morgan fingerprint density at radius 1 is 0.867 bits per heavy atom. The third-order valence-electron chi connectivity index (χ3n) is 12.9. The van der Waals surface area contributed by atoms with Gasteiger partial charge < -0.3 is 40.0 Å². The van der Waals surface area contributed by atoms with Crippen LogP contribution in [0.1, 0.15) is 101 Å². The lowest BCUT2D eigenvalue weighted by Crippen LogP contribution is -2.54. The number of piperidine rings is 1. The molecule has 4 aromatic carbocycles. The molecule has 1 saturated heterocycles. The van der Waals surface area contributed by atoms with Crippen LogP contribution in [0.5, 0.6) is 5.75 Å². The predicted octanol–water partition coefficient (Wildman–Crippen LogP) is 6.45. The summed E-state index contributed by atoms with van der Waals surface area (Å²) in [5.41, 5.74) is 5.59. The molecule has 20 heteroatoms. The van der Waals surface area contributed by atoms with E-state index in [9.17, 15) is 48.5 Å². The molecule has 3 atom stereocenters. The lowest BCUT2D eigenvalue weighted by molar-refractivity contribution is -0.140. The number of halogens is 1. The SMILES string of the molecule is CC(C)c1c(C(=O)Nc2ccccc2)c(-c2cccc(OCCCc3cn(CCOCCNc4cccc5c4C(=O)N(C4CCC(=O)NC4=O)C5=O)nn3)c2)c(-c2ccc(F)cc2)n1CCC(O)CC(O)CC(=O)O. The largest absolute Gasteiger partial charge is 0.494 e. The summed E-state index contributed by atoms with van der Waals surface area (Å²) in [5, 5.41) is 47.5. The molecule has 6 aromatic rings. The molecule has 75 heavy (non-hydrogen) atoms. The fourth-order valence-electron chi connectivity index (χ4n) is 9.53. The Labute approximate surface area is 431 Å². The molecule has 3 unspecified atom stereocenters. The smallest absolute Gasteiger partial charge is 0.305 e. The highest BCUT2D eigenvalue weighted by Gasteiger charge is 2.45. The van der Waals surface area contributed by atoms with Gasteiger partial charge in [-0.25, -0.2) is 9.07 Å². The first kappa shape index (κ1) is 53.2. The molecule has 19 nitrogen and oxygen atoms in total. The van der Waals surface area contributed by atoms with E-state index in [0.717, 1.165) is 10.6 Å². The summed E-state index contributed by atoms with van der Waals surface area (Å²) < 4.78 is 30.2. The number of rotatable bonds is 25. The number of aliphatic hydroxyl groups is 2. The van der Waals surface area contributed by atoms with Gasteiger partial charge in [-0.3, -0.25) is 39.0 Å². The van der Waals surface area contributed by atoms with E-state index in [1.54, 1.807) is 41.1 Å². The van der Waals surface area contributed by atoms with E-state index < -0.39 is 60.1 Å². The third-order valence-corrected chi connectivity index (χ3v) is 12.9. The molecule has 0 saturated carbocycles. The number of imide groups is 2. The first-order valence-electron chi connectivity index (χ1n) is 24.9. The van der Waals surface area contributed by atoms with Crippen molar-refractivity contribution in [2.24, 2.45) is 0 Å². The second kappa shape index (κ2) is 24.3. The van der Waals surface area contributed by atoms with Crippen molar-refractivity contribution in [1.29, 1.82) is 0 Å². The Morgan fingerprint density at radius 2 is 1.64 bits per heavy atom. The average molecular weight is 1030 g/mol. The molecule has 2 aliphatic rings. The van der Waals surface area contributed by atoms with Crippen LogP contribution >= 0.6 is 0 Å². The number of hydrogen-bond acceptors (Lipinski definition) is 13. The molecular weight excluding hydrogens is 968 g/mol. The van der Waals surface area contributed by atoms with Crippen molar-refractivity contribution in [1.82, 2.24) is 29.8 Å². The molecule has 6 N–H and O–H groups in total. The number of aliphatic carboxylic acids is 1. The zero-order valence-corrected chi connectivity index (χ0v) is 41.5. The number of para-hydroxylation sites is 1. The van der Waals surface area contributed by atoms with Gasteiger partial charge in [-0.1, -0.05) is 55.5 Å². The van der Waals surface area contributed by atoms with Crippen LogP contribution in [0.15, 0.2) is 103 Å². The number of anilines is 2. The molecular formula is C55H59FN8O11. The zero-order chi connectivity index (χ0) is 53.2. The van der Waals surface area contributed by atoms with Gasteiger partial charge in [0, 0.05) is 48.3 Å². The van der Waals surface area contributed by atoms with Gasteiger partial charge in [-0.2, -0.15) is 0 Å². The van der Waals surface area contributed by atoms with Crippen LogP contribution in [0.4, 0.5) is 15.8 Å². The van der Waals surface area contributed by atoms with E-state index in [4.69, 9.17) is 9.47 Å². The number of nitrogens with one attached hydrogen (secondary N) is 3. The molecule has 392 valence electrons. The number of amides is 5. The Hall–Kier alpha value is -8.07. The summed E-state index contributed by atoms with van der Waals surface area (Å²) in [6.07, 6.45) is 0.211. The molecule has 0 bridgehead atoms. The van der Waals surface area contributed by atoms with E-state index in [1.165, 1.54) is 18.2 Å². The topological polar surface area (TPSA) is 257 Å². The first-order chi connectivity index (χ1) is 36.2. The Kier molecular flexibility index (Phi) is 17.3. The van der Waals surface area contributed by atoms with E-state index >= 15 is 0 Å². The molecule has 2 aliphatic heterocycles. The lowest BCUT2D eigenvalue weighted by Gasteiger charge is -2.27. The molecule has 5 amide bonds. The number of carboxylic acids is 1. The number of aliphatic hydroxyl groups excluding tert-OH is 2. The van der Waals surface area contributed by atoms with Gasteiger partial charge >= 0.3 is 5.97 Å². The van der Waals surface area contributed by atoms with Crippen molar-refractivity contribution in [2.45, 2.75) is 96.1 Å². The van der Waals surface area contributed by atoms with E-state index in [1.807, 2.05) is 67.1 Å². The van der Waals surface area contributed by atoms with Gasteiger partial charge in [0.2, 0.25) is 11.8 Å². The van der Waals surface area contributed by atoms with Crippen molar-refractivity contribution < 1.29 is 58.0 Å². The lowest BCUT2D eigenvalue weighted by atomic mass is 9.94. The number of fused-ring (bicyclic) bond motifs is 1. The van der Waals surface area contributed by atoms with Crippen LogP contribution in [-0.2, 0) is 38.6 Å². The van der Waals surface area contributed by atoms with Crippen LogP contribution in [0, 0.1) is 5.82 Å². The van der Waals surface area contributed by atoms with Crippen LogP contribution in [-0.4, -0.2) is 120 Å². The van der Waals surface area contributed by atoms with Crippen molar-refractivity contribution >= 4 is 46.9 Å². The molecule has 8 rings (SSSR count). The molecule has 2 aromatic heterocycles. The maximum atomic E-state index is 14.7. The summed E-state index contributed by atoms with van der Waals surface area (Å²) in [4.78, 5) is 77.5. The number of hydrogen-bond donors (Lipinski definition) is 6. The summed E-state index contributed by atoms with van der Waals surface area (Å²) in [5.74, 6) is -3.99. The minimum absolute atomic E-state index is 0.0327. The fraction of sp³-hybridized carbons (Fsp3) is 0.345. The summed E-state index contributed by atoms with van der Waals surface area (Å²) in [7, 11) is 0. The highest BCUT2D eigenvalue weighted by atomic mass is 19.1. The summed E-state index contributed by atoms with van der Waals surface area (Å²) in [6.45, 7) is 5.76. The minimum atomic E-state index is -1.25. The number of carbonyl (C=O) groups excluding carboxylic acids is 5. The van der Waals surface area contributed by atoms with E-state index in [2.05, 4.69) is 26.3 Å². The van der Waals surface area contributed by atoms with Gasteiger partial charge in [0.1, 0.15) is 17.6 Å². The van der Waals surface area contributed by atoms with Crippen LogP contribution < -0.4 is 20.7 Å². The number of nitrogens with zero attached hydrogens (tertiary/aromatic N) is 5. The Morgan fingerprint density at radius 3 is 2.39 bits per heavy atom. The number of carboxylic acid groups (broad SMARTS) is 1. The van der Waals surface area contributed by atoms with Gasteiger partial charge in [0.25, 0.3) is 17.7 Å². The highest BCUT2D eigenvalue weighted by molar-refractivity contribution is 6.25. The number of benzene rings is 4.